The van der Waals surface area contributed by atoms with E-state index in [1.165, 1.54) is 6.20 Å². The molecule has 0 bridgehead atoms. The predicted molar refractivity (Wildman–Crippen MR) is 89.7 cm³/mol. The van der Waals surface area contributed by atoms with Gasteiger partial charge in [0.2, 0.25) is 5.88 Å². The maximum Gasteiger partial charge on any atom is 0.257 e. The fourth-order valence-electron chi connectivity index (χ4n) is 2.25. The summed E-state index contributed by atoms with van der Waals surface area (Å²) in [6.07, 6.45) is 2.72. The number of nitriles is 1. The van der Waals surface area contributed by atoms with Gasteiger partial charge in [-0.15, -0.1) is 0 Å². The summed E-state index contributed by atoms with van der Waals surface area (Å²) in [5, 5.41) is 11.8. The van der Waals surface area contributed by atoms with E-state index in [-0.39, 0.29) is 12.0 Å². The number of carbonyl (C=O) groups excluding carboxylic acids is 1. The van der Waals surface area contributed by atoms with Gasteiger partial charge in [0.1, 0.15) is 12.2 Å². The van der Waals surface area contributed by atoms with Gasteiger partial charge in [-0.05, 0) is 30.4 Å². The van der Waals surface area contributed by atoms with Crippen LogP contribution in [-0.4, -0.2) is 28.5 Å². The van der Waals surface area contributed by atoms with Crippen molar-refractivity contribution in [1.82, 2.24) is 4.98 Å². The predicted octanol–water partition coefficient (Wildman–Crippen LogP) is 3.09. The third-order valence-corrected chi connectivity index (χ3v) is 4.60. The lowest BCUT2D eigenvalue weighted by Gasteiger charge is -2.11. The first kappa shape index (κ1) is 15.4. The first-order valence-electron chi connectivity index (χ1n) is 7.27. The number of hydrogen-bond donors (Lipinski definition) is 1. The Labute approximate surface area is 138 Å². The quantitative estimate of drug-likeness (QED) is 0.935. The zero-order valence-corrected chi connectivity index (χ0v) is 13.2. The molecule has 1 aliphatic heterocycles. The molecule has 0 radical (unpaired) electrons. The Hall–Kier alpha value is -2.52. The standard InChI is InChI=1S/C17H15N3O2S/c18-9-12-3-1-2-4-15(12)20-17(21)13-5-6-16(19-10-13)22-14-7-8-23-11-14/h1-6,10,14H,7-8,11H2,(H,20,21)/t14-/m1/s1. The molecule has 2 aromatic rings. The van der Waals surface area contributed by atoms with E-state index in [0.29, 0.717) is 22.7 Å². The lowest BCUT2D eigenvalue weighted by molar-refractivity contribution is 0.102. The molecule has 2 heterocycles. The molecule has 1 aliphatic rings. The molecule has 5 nitrogen and oxygen atoms in total. The van der Waals surface area contributed by atoms with Crippen molar-refractivity contribution in [2.45, 2.75) is 12.5 Å². The SMILES string of the molecule is N#Cc1ccccc1NC(=O)c1ccc(O[C@@H]2CCSC2)nc1. The molecule has 0 aliphatic carbocycles. The summed E-state index contributed by atoms with van der Waals surface area (Å²) >= 11 is 1.87. The van der Waals surface area contributed by atoms with Gasteiger partial charge in [-0.3, -0.25) is 4.79 Å². The molecule has 0 saturated carbocycles. The highest BCUT2D eigenvalue weighted by Gasteiger charge is 2.17. The highest BCUT2D eigenvalue weighted by molar-refractivity contribution is 7.99. The molecule has 0 unspecified atom stereocenters. The molecule has 1 fully saturated rings. The number of carbonyl (C=O) groups is 1. The molecule has 6 heteroatoms. The number of anilines is 1. The highest BCUT2D eigenvalue weighted by atomic mass is 32.2. The Bertz CT molecular complexity index is 734. The number of para-hydroxylation sites is 1. The number of aromatic nitrogens is 1. The van der Waals surface area contributed by atoms with Crippen molar-refractivity contribution >= 4 is 23.4 Å². The van der Waals surface area contributed by atoms with Gasteiger partial charge in [0.25, 0.3) is 5.91 Å². The largest absolute Gasteiger partial charge is 0.473 e. The number of thioether (sulfide) groups is 1. The molecule has 116 valence electrons. The first-order valence-corrected chi connectivity index (χ1v) is 8.42. The van der Waals surface area contributed by atoms with Gasteiger partial charge < -0.3 is 10.1 Å². The van der Waals surface area contributed by atoms with E-state index in [1.54, 1.807) is 36.4 Å². The van der Waals surface area contributed by atoms with Crippen molar-refractivity contribution in [1.29, 1.82) is 5.26 Å². The Morgan fingerprint density at radius 1 is 1.35 bits per heavy atom. The molecule has 1 aromatic heterocycles. The second kappa shape index (κ2) is 7.16. The second-order valence-electron chi connectivity index (χ2n) is 5.10. The average molecular weight is 325 g/mol. The van der Waals surface area contributed by atoms with Crippen LogP contribution in [0.3, 0.4) is 0 Å². The Kier molecular flexibility index (Phi) is 4.79. The first-order chi connectivity index (χ1) is 11.3. The van der Waals surface area contributed by atoms with E-state index in [1.807, 2.05) is 17.8 Å². The zero-order chi connectivity index (χ0) is 16.1. The normalized spacial score (nSPS) is 16.6. The summed E-state index contributed by atoms with van der Waals surface area (Å²) in [6.45, 7) is 0. The minimum absolute atomic E-state index is 0.203. The number of nitrogens with one attached hydrogen (secondary N) is 1. The number of hydrogen-bond acceptors (Lipinski definition) is 5. The summed E-state index contributed by atoms with van der Waals surface area (Å²) in [5.41, 5.74) is 1.33. The second-order valence-corrected chi connectivity index (χ2v) is 6.25. The van der Waals surface area contributed by atoms with Crippen LogP contribution in [0.1, 0.15) is 22.3 Å². The number of benzene rings is 1. The Balaban J connectivity index is 1.66. The van der Waals surface area contributed by atoms with Gasteiger partial charge in [-0.1, -0.05) is 12.1 Å². The van der Waals surface area contributed by atoms with Crippen molar-refractivity contribution in [3.05, 3.63) is 53.7 Å². The topological polar surface area (TPSA) is 75.0 Å². The van der Waals surface area contributed by atoms with Crippen molar-refractivity contribution in [3.63, 3.8) is 0 Å². The molecule has 0 spiro atoms. The molecule has 23 heavy (non-hydrogen) atoms. The number of rotatable bonds is 4. The summed E-state index contributed by atoms with van der Waals surface area (Å²) < 4.78 is 5.76. The summed E-state index contributed by atoms with van der Waals surface area (Å²) in [4.78, 5) is 16.4. The van der Waals surface area contributed by atoms with Crippen molar-refractivity contribution < 1.29 is 9.53 Å². The number of ether oxygens (including phenoxy) is 1. The zero-order valence-electron chi connectivity index (χ0n) is 12.4. The van der Waals surface area contributed by atoms with E-state index in [0.717, 1.165) is 17.9 Å². The maximum atomic E-state index is 12.2. The van der Waals surface area contributed by atoms with Gasteiger partial charge in [-0.2, -0.15) is 17.0 Å². The van der Waals surface area contributed by atoms with Crippen molar-refractivity contribution in [2.24, 2.45) is 0 Å². The Morgan fingerprint density at radius 3 is 2.91 bits per heavy atom. The summed E-state index contributed by atoms with van der Waals surface area (Å²) in [6, 6.07) is 12.3. The third kappa shape index (κ3) is 3.82. The van der Waals surface area contributed by atoms with Gasteiger partial charge in [0.05, 0.1) is 16.8 Å². The van der Waals surface area contributed by atoms with Crippen LogP contribution in [0.2, 0.25) is 0 Å². The van der Waals surface area contributed by atoms with Crippen molar-refractivity contribution in [2.75, 3.05) is 16.8 Å². The van der Waals surface area contributed by atoms with Crippen LogP contribution in [0.4, 0.5) is 5.69 Å². The van der Waals surface area contributed by atoms with E-state index in [2.05, 4.69) is 10.3 Å². The minimum atomic E-state index is -0.303. The minimum Gasteiger partial charge on any atom is -0.473 e. The fraction of sp³-hybridized carbons (Fsp3) is 0.235. The average Bonchev–Trinajstić information content (AvgIpc) is 3.09. The van der Waals surface area contributed by atoms with Crippen LogP contribution in [0.15, 0.2) is 42.6 Å². The molecule has 1 saturated heterocycles. The van der Waals surface area contributed by atoms with Gasteiger partial charge in [0, 0.05) is 18.0 Å². The number of nitrogens with zero attached hydrogens (tertiary/aromatic N) is 2. The monoisotopic (exact) mass is 325 g/mol. The lowest BCUT2D eigenvalue weighted by Crippen LogP contribution is -2.16. The lowest BCUT2D eigenvalue weighted by atomic mass is 10.2. The van der Waals surface area contributed by atoms with Crippen LogP contribution in [0.25, 0.3) is 0 Å². The van der Waals surface area contributed by atoms with Crippen LogP contribution < -0.4 is 10.1 Å². The molecular weight excluding hydrogens is 310 g/mol. The third-order valence-electron chi connectivity index (χ3n) is 3.47. The van der Waals surface area contributed by atoms with Gasteiger partial charge in [0.15, 0.2) is 0 Å². The van der Waals surface area contributed by atoms with Crippen LogP contribution in [0, 0.1) is 11.3 Å². The van der Waals surface area contributed by atoms with Crippen LogP contribution in [0.5, 0.6) is 5.88 Å². The van der Waals surface area contributed by atoms with Gasteiger partial charge >= 0.3 is 0 Å². The fourth-order valence-corrected chi connectivity index (χ4v) is 3.34. The number of pyridine rings is 1. The maximum absolute atomic E-state index is 12.2. The number of amides is 1. The molecule has 1 atom stereocenters. The molecule has 1 amide bonds. The van der Waals surface area contributed by atoms with Crippen LogP contribution >= 0.6 is 11.8 Å². The van der Waals surface area contributed by atoms with Gasteiger partial charge in [-0.25, -0.2) is 4.98 Å². The Morgan fingerprint density at radius 2 is 2.22 bits per heavy atom. The highest BCUT2D eigenvalue weighted by Crippen LogP contribution is 2.22. The summed E-state index contributed by atoms with van der Waals surface area (Å²) in [5.74, 6) is 2.33. The van der Waals surface area contributed by atoms with E-state index in [9.17, 15) is 4.79 Å². The molecular formula is C17H15N3O2S. The molecule has 3 rings (SSSR count). The van der Waals surface area contributed by atoms with E-state index in [4.69, 9.17) is 10.00 Å². The van der Waals surface area contributed by atoms with E-state index >= 15 is 0 Å². The molecule has 1 aromatic carbocycles. The van der Waals surface area contributed by atoms with E-state index < -0.39 is 0 Å². The van der Waals surface area contributed by atoms with Crippen LogP contribution in [-0.2, 0) is 0 Å². The molecule has 1 N–H and O–H groups in total. The summed E-state index contributed by atoms with van der Waals surface area (Å²) in [7, 11) is 0. The smallest absolute Gasteiger partial charge is 0.257 e. The van der Waals surface area contributed by atoms with Crippen molar-refractivity contribution in [3.8, 4) is 11.9 Å².